The van der Waals surface area contributed by atoms with Gasteiger partial charge in [0, 0.05) is 22.1 Å². The van der Waals surface area contributed by atoms with Gasteiger partial charge >= 0.3 is 0 Å². The van der Waals surface area contributed by atoms with Crippen LogP contribution in [0.4, 0.5) is 5.69 Å². The average Bonchev–Trinajstić information content (AvgIpc) is 2.33. The SMILES string of the molecule is CCC(CC)(CO)CNc1c(C)cc(Br)cc1C. The second-order valence-electron chi connectivity index (χ2n) is 5.13. The summed E-state index contributed by atoms with van der Waals surface area (Å²) < 4.78 is 1.11. The van der Waals surface area contributed by atoms with Crippen LogP contribution < -0.4 is 5.32 Å². The van der Waals surface area contributed by atoms with E-state index >= 15 is 0 Å². The Bertz CT molecular complexity index is 368. The van der Waals surface area contributed by atoms with E-state index in [4.69, 9.17) is 0 Å². The van der Waals surface area contributed by atoms with E-state index in [9.17, 15) is 5.11 Å². The van der Waals surface area contributed by atoms with Crippen LogP contribution in [-0.2, 0) is 0 Å². The molecule has 0 saturated heterocycles. The number of halogens is 1. The first-order valence-corrected chi connectivity index (χ1v) is 7.38. The Morgan fingerprint density at radius 3 is 2.06 bits per heavy atom. The van der Waals surface area contributed by atoms with Gasteiger partial charge in [-0.05, 0) is 49.9 Å². The molecule has 1 aromatic rings. The summed E-state index contributed by atoms with van der Waals surface area (Å²) in [6, 6.07) is 4.24. The maximum absolute atomic E-state index is 9.59. The van der Waals surface area contributed by atoms with Crippen molar-refractivity contribution in [2.24, 2.45) is 5.41 Å². The first kappa shape index (κ1) is 15.5. The maximum Gasteiger partial charge on any atom is 0.0504 e. The molecular formula is C15H24BrNO. The number of rotatable bonds is 6. The molecule has 2 nitrogen and oxygen atoms in total. The molecule has 0 amide bonds. The Kier molecular flexibility index (Phi) is 5.67. The largest absolute Gasteiger partial charge is 0.396 e. The molecule has 0 fully saturated rings. The molecule has 0 radical (unpaired) electrons. The number of nitrogens with one attached hydrogen (secondary N) is 1. The average molecular weight is 314 g/mol. The summed E-state index contributed by atoms with van der Waals surface area (Å²) in [5.41, 5.74) is 3.66. The van der Waals surface area contributed by atoms with Crippen molar-refractivity contribution in [1.29, 1.82) is 0 Å². The third kappa shape index (κ3) is 3.48. The fourth-order valence-electron chi connectivity index (χ4n) is 2.24. The quantitative estimate of drug-likeness (QED) is 0.821. The Balaban J connectivity index is 2.86. The van der Waals surface area contributed by atoms with Crippen LogP contribution in [0, 0.1) is 19.3 Å². The van der Waals surface area contributed by atoms with Crippen LogP contribution in [0.3, 0.4) is 0 Å². The number of aryl methyl sites for hydroxylation is 2. The summed E-state index contributed by atoms with van der Waals surface area (Å²) in [5, 5.41) is 13.1. The second-order valence-corrected chi connectivity index (χ2v) is 6.05. The van der Waals surface area contributed by atoms with Crippen LogP contribution in [0.2, 0.25) is 0 Å². The van der Waals surface area contributed by atoms with Gasteiger partial charge in [0.25, 0.3) is 0 Å². The van der Waals surface area contributed by atoms with Gasteiger partial charge in [-0.3, -0.25) is 0 Å². The predicted molar refractivity (Wildman–Crippen MR) is 82.2 cm³/mol. The van der Waals surface area contributed by atoms with E-state index in [1.165, 1.54) is 16.8 Å². The summed E-state index contributed by atoms with van der Waals surface area (Å²) in [5.74, 6) is 0. The first-order chi connectivity index (χ1) is 8.48. The van der Waals surface area contributed by atoms with E-state index in [0.29, 0.717) is 0 Å². The molecule has 0 saturated carbocycles. The van der Waals surface area contributed by atoms with Gasteiger partial charge < -0.3 is 10.4 Å². The van der Waals surface area contributed by atoms with Crippen molar-refractivity contribution >= 4 is 21.6 Å². The van der Waals surface area contributed by atoms with Crippen LogP contribution in [0.25, 0.3) is 0 Å². The molecule has 0 aliphatic rings. The van der Waals surface area contributed by atoms with E-state index in [2.05, 4.69) is 61.1 Å². The lowest BCUT2D eigenvalue weighted by Gasteiger charge is -2.30. The summed E-state index contributed by atoms with van der Waals surface area (Å²) in [6.07, 6.45) is 1.98. The monoisotopic (exact) mass is 313 g/mol. The number of hydrogen-bond acceptors (Lipinski definition) is 2. The molecule has 0 spiro atoms. The van der Waals surface area contributed by atoms with Gasteiger partial charge in [0.15, 0.2) is 0 Å². The molecule has 3 heteroatoms. The van der Waals surface area contributed by atoms with E-state index in [1.807, 2.05) is 0 Å². The highest BCUT2D eigenvalue weighted by Gasteiger charge is 2.25. The van der Waals surface area contributed by atoms with Gasteiger partial charge in [-0.15, -0.1) is 0 Å². The predicted octanol–water partition coefficient (Wildman–Crippen LogP) is 4.28. The third-order valence-electron chi connectivity index (χ3n) is 3.97. The van der Waals surface area contributed by atoms with Crippen molar-refractivity contribution in [3.05, 3.63) is 27.7 Å². The second kappa shape index (κ2) is 6.58. The van der Waals surface area contributed by atoms with Gasteiger partial charge in [0.2, 0.25) is 0 Å². The smallest absolute Gasteiger partial charge is 0.0504 e. The Labute approximate surface area is 119 Å². The fraction of sp³-hybridized carbons (Fsp3) is 0.600. The number of hydrogen-bond donors (Lipinski definition) is 2. The van der Waals surface area contributed by atoms with Crippen molar-refractivity contribution < 1.29 is 5.11 Å². The molecule has 102 valence electrons. The van der Waals surface area contributed by atoms with E-state index in [0.717, 1.165) is 23.9 Å². The molecule has 2 N–H and O–H groups in total. The van der Waals surface area contributed by atoms with Gasteiger partial charge in [0.1, 0.15) is 0 Å². The maximum atomic E-state index is 9.59. The lowest BCUT2D eigenvalue weighted by molar-refractivity contribution is 0.127. The van der Waals surface area contributed by atoms with Crippen LogP contribution >= 0.6 is 15.9 Å². The molecule has 0 unspecified atom stereocenters. The molecule has 0 aromatic heterocycles. The lowest BCUT2D eigenvalue weighted by Crippen LogP contribution is -2.32. The zero-order valence-electron chi connectivity index (χ0n) is 11.8. The highest BCUT2D eigenvalue weighted by molar-refractivity contribution is 9.10. The summed E-state index contributed by atoms with van der Waals surface area (Å²) >= 11 is 3.51. The fourth-order valence-corrected chi connectivity index (χ4v) is 2.93. The summed E-state index contributed by atoms with van der Waals surface area (Å²) in [4.78, 5) is 0. The van der Waals surface area contributed by atoms with Crippen molar-refractivity contribution in [2.45, 2.75) is 40.5 Å². The number of aliphatic hydroxyl groups is 1. The molecule has 18 heavy (non-hydrogen) atoms. The molecule has 0 aliphatic carbocycles. The van der Waals surface area contributed by atoms with Crippen LogP contribution in [0.15, 0.2) is 16.6 Å². The normalized spacial score (nSPS) is 11.7. The van der Waals surface area contributed by atoms with E-state index in [1.54, 1.807) is 0 Å². The number of anilines is 1. The Hall–Kier alpha value is -0.540. The lowest BCUT2D eigenvalue weighted by atomic mass is 9.83. The first-order valence-electron chi connectivity index (χ1n) is 6.59. The zero-order chi connectivity index (χ0) is 13.8. The van der Waals surface area contributed by atoms with Gasteiger partial charge in [-0.2, -0.15) is 0 Å². The summed E-state index contributed by atoms with van der Waals surface area (Å²) in [6.45, 7) is 9.56. The van der Waals surface area contributed by atoms with Gasteiger partial charge in [-0.1, -0.05) is 29.8 Å². The zero-order valence-corrected chi connectivity index (χ0v) is 13.4. The van der Waals surface area contributed by atoms with Gasteiger partial charge in [-0.25, -0.2) is 0 Å². The van der Waals surface area contributed by atoms with Crippen molar-refractivity contribution in [3.8, 4) is 0 Å². The number of aliphatic hydroxyl groups excluding tert-OH is 1. The standard InChI is InChI=1S/C15H24BrNO/c1-5-15(6-2,10-18)9-17-14-11(3)7-13(16)8-12(14)4/h7-8,17-18H,5-6,9-10H2,1-4H3. The topological polar surface area (TPSA) is 32.3 Å². The summed E-state index contributed by atoms with van der Waals surface area (Å²) in [7, 11) is 0. The Morgan fingerprint density at radius 2 is 1.67 bits per heavy atom. The molecule has 0 atom stereocenters. The minimum absolute atomic E-state index is 0.00798. The van der Waals surface area contributed by atoms with Gasteiger partial charge in [0.05, 0.1) is 6.61 Å². The minimum atomic E-state index is -0.00798. The van der Waals surface area contributed by atoms with Crippen molar-refractivity contribution in [1.82, 2.24) is 0 Å². The molecule has 1 aromatic carbocycles. The molecule has 0 aliphatic heterocycles. The molecular weight excluding hydrogens is 290 g/mol. The van der Waals surface area contributed by atoms with Crippen LogP contribution in [0.1, 0.15) is 37.8 Å². The van der Waals surface area contributed by atoms with Crippen LogP contribution in [-0.4, -0.2) is 18.3 Å². The number of benzene rings is 1. The molecule has 0 bridgehead atoms. The highest BCUT2D eigenvalue weighted by atomic mass is 79.9. The minimum Gasteiger partial charge on any atom is -0.396 e. The van der Waals surface area contributed by atoms with Crippen LogP contribution in [0.5, 0.6) is 0 Å². The van der Waals surface area contributed by atoms with E-state index in [-0.39, 0.29) is 12.0 Å². The molecule has 1 rings (SSSR count). The van der Waals surface area contributed by atoms with Crippen molar-refractivity contribution in [2.75, 3.05) is 18.5 Å². The van der Waals surface area contributed by atoms with E-state index < -0.39 is 0 Å². The third-order valence-corrected chi connectivity index (χ3v) is 4.43. The highest BCUT2D eigenvalue weighted by Crippen LogP contribution is 2.29. The Morgan fingerprint density at radius 1 is 1.17 bits per heavy atom. The van der Waals surface area contributed by atoms with Crippen molar-refractivity contribution in [3.63, 3.8) is 0 Å². The molecule has 0 heterocycles.